The van der Waals surface area contributed by atoms with Gasteiger partial charge in [-0.25, -0.2) is 0 Å². The van der Waals surface area contributed by atoms with E-state index in [1.54, 1.807) is 0 Å². The van der Waals surface area contributed by atoms with Crippen molar-refractivity contribution < 1.29 is 63.3 Å². The van der Waals surface area contributed by atoms with Crippen LogP contribution in [0.3, 0.4) is 0 Å². The third-order valence-corrected chi connectivity index (χ3v) is 4.95. The predicted molar refractivity (Wildman–Crippen MR) is 122 cm³/mol. The minimum atomic E-state index is -2.25. The van der Waals surface area contributed by atoms with E-state index in [0.29, 0.717) is 0 Å². The fourth-order valence-electron chi connectivity index (χ4n) is 1.76. The summed E-state index contributed by atoms with van der Waals surface area (Å²) in [7, 11) is 0. The molecule has 0 aliphatic rings. The summed E-state index contributed by atoms with van der Waals surface area (Å²) in [6, 6.07) is 16.4. The van der Waals surface area contributed by atoms with E-state index in [9.17, 15) is 26.3 Å². The molecule has 3 aromatic rings. The molecule has 0 saturated heterocycles. The molecule has 0 aliphatic heterocycles. The summed E-state index contributed by atoms with van der Waals surface area (Å²) in [5.41, 5.74) is 0. The van der Waals surface area contributed by atoms with Crippen LogP contribution in [0.4, 0.5) is 0 Å². The third kappa shape index (κ3) is 15.9. The summed E-state index contributed by atoms with van der Waals surface area (Å²) in [6.45, 7) is 4.00. The van der Waals surface area contributed by atoms with Crippen LogP contribution in [0.25, 0.3) is 0 Å². The van der Waals surface area contributed by atoms with Crippen molar-refractivity contribution in [2.75, 3.05) is 0 Å². The molecule has 9 nitrogen and oxygen atoms in total. The quantitative estimate of drug-likeness (QED) is 0.245. The second-order valence-corrected chi connectivity index (χ2v) is 8.60. The Morgan fingerprint density at radius 1 is 0.588 bits per heavy atom. The van der Waals surface area contributed by atoms with Crippen LogP contribution in [0.2, 0.25) is 0 Å². The molecule has 0 spiro atoms. The van der Waals surface area contributed by atoms with Crippen molar-refractivity contribution in [3.63, 3.8) is 0 Å². The molecule has 0 amide bonds. The van der Waals surface area contributed by atoms with Gasteiger partial charge in [-0.1, -0.05) is 18.2 Å². The molecule has 13 heteroatoms. The van der Waals surface area contributed by atoms with Crippen molar-refractivity contribution in [3.8, 4) is 17.2 Å². The van der Waals surface area contributed by atoms with Crippen molar-refractivity contribution >= 4 is 33.2 Å². The van der Waals surface area contributed by atoms with Gasteiger partial charge in [-0.05, 0) is 87.8 Å². The van der Waals surface area contributed by atoms with Crippen molar-refractivity contribution in [1.82, 2.24) is 0 Å². The molecule has 0 radical (unpaired) electrons. The molecule has 0 aliphatic carbocycles. The van der Waals surface area contributed by atoms with Crippen LogP contribution in [-0.2, 0) is 55.0 Å². The molecule has 0 bridgehead atoms. The summed E-state index contributed by atoms with van der Waals surface area (Å²) in [4.78, 5) is 0.292. The molecule has 0 heterocycles. The zero-order valence-electron chi connectivity index (χ0n) is 18.0. The van der Waals surface area contributed by atoms with E-state index < -0.39 is 33.2 Å². The van der Waals surface area contributed by atoms with E-state index in [0.717, 1.165) is 0 Å². The minimum absolute atomic E-state index is 0. The van der Waals surface area contributed by atoms with Crippen LogP contribution in [0.5, 0.6) is 17.2 Å². The van der Waals surface area contributed by atoms with Crippen LogP contribution in [-0.4, -0.2) is 41.6 Å². The molecule has 0 saturated carbocycles. The molecule has 3 aromatic carbocycles. The van der Waals surface area contributed by atoms with E-state index in [-0.39, 0.29) is 53.7 Å². The van der Waals surface area contributed by atoms with Gasteiger partial charge in [-0.2, -0.15) is 13.8 Å². The van der Waals surface area contributed by atoms with Gasteiger partial charge in [0.15, 0.2) is 0 Å². The first-order valence-corrected chi connectivity index (χ1v) is 12.1. The maximum absolute atomic E-state index is 10.2. The topological polar surface area (TPSA) is 181 Å². The summed E-state index contributed by atoms with van der Waals surface area (Å²) < 4.78 is 61.5. The summed E-state index contributed by atoms with van der Waals surface area (Å²) >= 11 is -6.75. The number of hydrogen-bond acceptors (Lipinski definition) is 9. The number of phenolic OH excluding ortho intramolecular Hbond substituents is 3. The van der Waals surface area contributed by atoms with E-state index in [1.165, 1.54) is 72.8 Å². The summed E-state index contributed by atoms with van der Waals surface area (Å²) in [5.74, 6) is -0.120. The molecule has 3 N–H and O–H groups in total. The van der Waals surface area contributed by atoms with Gasteiger partial charge in [-0.15, -0.1) is 0 Å². The van der Waals surface area contributed by atoms with Crippen LogP contribution >= 0.6 is 0 Å². The van der Waals surface area contributed by atoms with Crippen LogP contribution in [0, 0.1) is 6.42 Å². The maximum Gasteiger partial charge on any atom is 4.00 e. The molecule has 3 rings (SSSR count). The molecule has 0 aromatic heterocycles. The second kappa shape index (κ2) is 19.4. The largest absolute Gasteiger partial charge is 4.00 e. The number of phenols is 3. The van der Waals surface area contributed by atoms with E-state index >= 15 is 0 Å². The predicted octanol–water partition coefficient (Wildman–Crippen LogP) is 3.12. The zero-order chi connectivity index (χ0) is 25.4. The number of aromatic hydroxyl groups is 3. The van der Waals surface area contributed by atoms with Gasteiger partial charge in [0.05, 0.1) is 0 Å². The Morgan fingerprint density at radius 3 is 0.912 bits per heavy atom. The van der Waals surface area contributed by atoms with E-state index in [1.807, 2.05) is 20.3 Å². The molecular formula is C21H22O9S3Ti. The Labute approximate surface area is 220 Å². The molecule has 3 unspecified atom stereocenters. The maximum atomic E-state index is 10.2. The Kier molecular flexibility index (Phi) is 19.6. The van der Waals surface area contributed by atoms with E-state index in [2.05, 4.69) is 0 Å². The number of rotatable bonds is 3. The standard InChI is InChI=1S/3C6H6O3S.C3H7.Ti/c3*7-5-2-1-3-6(4-5)10(8)9;1-3-2;/h3*1-4,7H,(H,8,9);3H,1-2H3;/q;;;-1;+4/p-3. The van der Waals surface area contributed by atoms with Crippen LogP contribution in [0.1, 0.15) is 13.8 Å². The molecule has 3 atom stereocenters. The van der Waals surface area contributed by atoms with Gasteiger partial charge < -0.3 is 35.4 Å². The van der Waals surface area contributed by atoms with Crippen LogP contribution in [0.15, 0.2) is 87.5 Å². The first-order valence-electron chi connectivity index (χ1n) is 8.90. The fraction of sp³-hybridized carbons (Fsp3) is 0.0952. The molecule has 0 fully saturated rings. The monoisotopic (exact) mass is 562 g/mol. The minimum Gasteiger partial charge on any atom is -0.768 e. The Morgan fingerprint density at radius 2 is 0.794 bits per heavy atom. The third-order valence-electron chi connectivity index (χ3n) is 3.03. The van der Waals surface area contributed by atoms with Crippen molar-refractivity contribution in [2.45, 2.75) is 28.5 Å². The van der Waals surface area contributed by atoms with Crippen molar-refractivity contribution in [3.05, 3.63) is 79.2 Å². The normalized spacial score (nSPS) is 11.9. The Balaban J connectivity index is 0. The first kappa shape index (κ1) is 34.3. The second-order valence-electron chi connectivity index (χ2n) is 5.77. The number of benzene rings is 3. The molecule has 34 heavy (non-hydrogen) atoms. The molecular weight excluding hydrogens is 540 g/mol. The summed E-state index contributed by atoms with van der Waals surface area (Å²) in [6.07, 6.45) is 2.00. The van der Waals surface area contributed by atoms with Crippen LogP contribution < -0.4 is 0 Å². The smallest absolute Gasteiger partial charge is 0.768 e. The Hall–Kier alpha value is -1.90. The summed E-state index contributed by atoms with van der Waals surface area (Å²) in [5, 5.41) is 26.4. The Bertz CT molecular complexity index is 933. The first-order chi connectivity index (χ1) is 15.5. The average molecular weight is 562 g/mol. The van der Waals surface area contributed by atoms with Gasteiger partial charge in [-0.3, -0.25) is 12.6 Å². The van der Waals surface area contributed by atoms with Crippen molar-refractivity contribution in [2.24, 2.45) is 0 Å². The van der Waals surface area contributed by atoms with Gasteiger partial charge in [0.2, 0.25) is 0 Å². The number of hydrogen-bond donors (Lipinski definition) is 3. The van der Waals surface area contributed by atoms with Gasteiger partial charge in [0.1, 0.15) is 17.2 Å². The SMILES string of the molecule is C[CH-]C.O=S([O-])c1cccc(O)c1.O=S([O-])c1cccc(O)c1.O=S([O-])c1cccc(O)c1.[Ti+4]. The zero-order valence-corrected chi connectivity index (χ0v) is 22.0. The van der Waals surface area contributed by atoms with Gasteiger partial charge in [0.25, 0.3) is 0 Å². The molecule has 182 valence electrons. The average Bonchev–Trinajstić information content (AvgIpc) is 2.75. The van der Waals surface area contributed by atoms with Gasteiger partial charge >= 0.3 is 21.7 Å². The van der Waals surface area contributed by atoms with Crippen molar-refractivity contribution in [1.29, 1.82) is 0 Å². The van der Waals surface area contributed by atoms with Gasteiger partial charge in [0, 0.05) is 14.7 Å². The van der Waals surface area contributed by atoms with E-state index in [4.69, 9.17) is 15.3 Å². The fourth-order valence-corrected chi connectivity index (χ4v) is 2.98.